The molecule has 10 heteroatoms. The van der Waals surface area contributed by atoms with Gasteiger partial charge in [0.2, 0.25) is 5.79 Å². The molecular formula is C23H31NO9. The van der Waals surface area contributed by atoms with Crippen LogP contribution in [-0.2, 0) is 23.8 Å². The van der Waals surface area contributed by atoms with E-state index >= 15 is 0 Å². The third-order valence-corrected chi connectivity index (χ3v) is 5.51. The number of β-amino-alcohol motifs (C(OH)–C–C–N with tert-alkyl or cyclic N) is 1. The van der Waals surface area contributed by atoms with Crippen LogP contribution in [0, 0.1) is 5.92 Å². The van der Waals surface area contributed by atoms with Crippen LogP contribution in [0.1, 0.15) is 32.8 Å². The third kappa shape index (κ3) is 5.64. The lowest BCUT2D eigenvalue weighted by Gasteiger charge is -2.51. The first kappa shape index (κ1) is 25.0. The van der Waals surface area contributed by atoms with Gasteiger partial charge in [-0.2, -0.15) is 0 Å². The minimum Gasteiger partial charge on any atom is -0.504 e. The molecule has 10 nitrogen and oxygen atoms in total. The van der Waals surface area contributed by atoms with E-state index in [-0.39, 0.29) is 36.1 Å². The highest BCUT2D eigenvalue weighted by atomic mass is 16.7. The topological polar surface area (TPSA) is 144 Å². The fourth-order valence-electron chi connectivity index (χ4n) is 4.04. The number of carbonyl (C=O) groups is 2. The van der Waals surface area contributed by atoms with Crippen molar-refractivity contribution in [3.8, 4) is 11.5 Å². The Morgan fingerprint density at radius 2 is 2.06 bits per heavy atom. The van der Waals surface area contributed by atoms with Crippen molar-refractivity contribution in [3.05, 3.63) is 29.3 Å². The maximum atomic E-state index is 13.2. The van der Waals surface area contributed by atoms with E-state index in [2.05, 4.69) is 5.32 Å². The summed E-state index contributed by atoms with van der Waals surface area (Å²) in [7, 11) is 1.42. The zero-order valence-electron chi connectivity index (χ0n) is 19.1. The van der Waals surface area contributed by atoms with E-state index in [1.807, 2.05) is 13.8 Å². The number of benzene rings is 1. The monoisotopic (exact) mass is 465 g/mol. The summed E-state index contributed by atoms with van der Waals surface area (Å²) >= 11 is 0. The number of rotatable bonds is 7. The average Bonchev–Trinajstić information content (AvgIpc) is 2.74. The van der Waals surface area contributed by atoms with Gasteiger partial charge < -0.3 is 39.6 Å². The lowest BCUT2D eigenvalue weighted by atomic mass is 9.89. The molecule has 182 valence electrons. The predicted molar refractivity (Wildman–Crippen MR) is 116 cm³/mol. The summed E-state index contributed by atoms with van der Waals surface area (Å²) in [4.78, 5) is 24.9. The Morgan fingerprint density at radius 3 is 2.70 bits per heavy atom. The maximum absolute atomic E-state index is 13.2. The largest absolute Gasteiger partial charge is 0.504 e. The van der Waals surface area contributed by atoms with Crippen LogP contribution in [0.4, 0.5) is 0 Å². The number of aliphatic hydroxyl groups is 2. The number of esters is 2. The van der Waals surface area contributed by atoms with Gasteiger partial charge in [-0.15, -0.1) is 0 Å². The number of nitrogens with one attached hydrogen (secondary N) is 1. The lowest BCUT2D eigenvalue weighted by Crippen LogP contribution is -2.73. The van der Waals surface area contributed by atoms with Crippen LogP contribution in [0.3, 0.4) is 0 Å². The summed E-state index contributed by atoms with van der Waals surface area (Å²) in [5.74, 6) is -3.14. The number of aliphatic hydroxyl groups excluding tert-OH is 1. The highest BCUT2D eigenvalue weighted by molar-refractivity contribution is 5.94. The molecule has 0 radical (unpaired) electrons. The molecule has 2 bridgehead atoms. The van der Waals surface area contributed by atoms with Gasteiger partial charge in [-0.05, 0) is 36.1 Å². The summed E-state index contributed by atoms with van der Waals surface area (Å²) in [6.45, 7) is 5.18. The lowest BCUT2D eigenvalue weighted by molar-refractivity contribution is -0.355. The van der Waals surface area contributed by atoms with Gasteiger partial charge in [0.1, 0.15) is 12.2 Å². The quantitative estimate of drug-likeness (QED) is 0.336. The van der Waals surface area contributed by atoms with Crippen LogP contribution in [0.5, 0.6) is 11.5 Å². The minimum absolute atomic E-state index is 0.0400. The standard InChI is InChI=1S/C23H31NO9/c1-12(2)7-15(8-14-5-6-16(26)17(9-14)30-4)22(28)32-21-20(31-13(3)25)19(27)18-10-24-11-23(21,29)33-18/h5-6,8-9,12,18-21,24,26-27,29H,7,10-11H2,1-4H3/b15-8+/t18-,19-,20+,21+,23+/m0/s1. The Kier molecular flexibility index (Phi) is 7.63. The molecule has 1 aromatic rings. The van der Waals surface area contributed by atoms with E-state index in [1.54, 1.807) is 18.2 Å². The summed E-state index contributed by atoms with van der Waals surface area (Å²) < 4.78 is 21.6. The van der Waals surface area contributed by atoms with Gasteiger partial charge in [0.05, 0.1) is 13.7 Å². The van der Waals surface area contributed by atoms with Gasteiger partial charge in [-0.25, -0.2) is 4.79 Å². The van der Waals surface area contributed by atoms with Gasteiger partial charge in [-0.1, -0.05) is 19.9 Å². The van der Waals surface area contributed by atoms with E-state index in [0.29, 0.717) is 12.0 Å². The maximum Gasteiger partial charge on any atom is 0.334 e. The third-order valence-electron chi connectivity index (χ3n) is 5.51. The van der Waals surface area contributed by atoms with Gasteiger partial charge in [0.15, 0.2) is 23.7 Å². The van der Waals surface area contributed by atoms with Crippen LogP contribution >= 0.6 is 0 Å². The number of phenols is 1. The van der Waals surface area contributed by atoms with Crippen LogP contribution in [0.15, 0.2) is 23.8 Å². The number of carbonyl (C=O) groups excluding carboxylic acids is 2. The summed E-state index contributed by atoms with van der Waals surface area (Å²) in [6.07, 6.45) is -2.96. The number of aromatic hydroxyl groups is 1. The SMILES string of the molecule is COc1cc(/C=C(\CC(C)C)C(=O)O[C@@H]2[C@H](OC(C)=O)[C@@H](O)[C@@H]3CNC[C@@]2(O)O3)ccc1O. The van der Waals surface area contributed by atoms with Crippen molar-refractivity contribution < 1.29 is 43.9 Å². The smallest absolute Gasteiger partial charge is 0.334 e. The van der Waals surface area contributed by atoms with Crippen molar-refractivity contribution in [2.75, 3.05) is 20.2 Å². The van der Waals surface area contributed by atoms with Crippen molar-refractivity contribution >= 4 is 18.0 Å². The average molecular weight is 465 g/mol. The number of hydrogen-bond acceptors (Lipinski definition) is 10. The van der Waals surface area contributed by atoms with Crippen molar-refractivity contribution in [1.29, 1.82) is 0 Å². The molecule has 3 rings (SSSR count). The molecule has 4 N–H and O–H groups in total. The molecule has 1 aromatic carbocycles. The fourth-order valence-corrected chi connectivity index (χ4v) is 4.04. The van der Waals surface area contributed by atoms with Gasteiger partial charge in [-0.3, -0.25) is 4.79 Å². The molecule has 2 aliphatic heterocycles. The molecule has 2 heterocycles. The highest BCUT2D eigenvalue weighted by Gasteiger charge is 2.59. The van der Waals surface area contributed by atoms with Gasteiger partial charge in [0, 0.05) is 19.0 Å². The molecule has 0 amide bonds. The molecular weight excluding hydrogens is 434 g/mol. The molecule has 0 unspecified atom stereocenters. The fraction of sp³-hybridized carbons (Fsp3) is 0.565. The normalized spacial score (nSPS) is 29.5. The van der Waals surface area contributed by atoms with Crippen molar-refractivity contribution in [1.82, 2.24) is 5.32 Å². The van der Waals surface area contributed by atoms with E-state index < -0.39 is 42.1 Å². The highest BCUT2D eigenvalue weighted by Crippen LogP contribution is 2.35. The molecule has 5 atom stereocenters. The van der Waals surface area contributed by atoms with Gasteiger partial charge >= 0.3 is 11.9 Å². The number of fused-ring (bicyclic) bond motifs is 2. The van der Waals surface area contributed by atoms with Crippen molar-refractivity contribution in [2.24, 2.45) is 5.92 Å². The van der Waals surface area contributed by atoms with E-state index in [4.69, 9.17) is 18.9 Å². The number of methoxy groups -OCH3 is 1. The van der Waals surface area contributed by atoms with E-state index in [9.17, 15) is 24.9 Å². The Bertz CT molecular complexity index is 915. The Labute approximate surface area is 192 Å². The zero-order chi connectivity index (χ0) is 24.3. The molecule has 2 aliphatic rings. The zero-order valence-corrected chi connectivity index (χ0v) is 19.1. The first-order valence-corrected chi connectivity index (χ1v) is 10.8. The van der Waals surface area contributed by atoms with Crippen LogP contribution in [0.25, 0.3) is 6.08 Å². The minimum atomic E-state index is -1.98. The number of phenolic OH excluding ortho intramolecular Hbond substituents is 1. The molecule has 0 saturated carbocycles. The van der Waals surface area contributed by atoms with Crippen LogP contribution < -0.4 is 10.1 Å². The van der Waals surface area contributed by atoms with Crippen LogP contribution in [-0.4, -0.2) is 77.7 Å². The first-order valence-electron chi connectivity index (χ1n) is 10.8. The second kappa shape index (κ2) is 10.1. The van der Waals surface area contributed by atoms with E-state index in [1.165, 1.54) is 20.1 Å². The predicted octanol–water partition coefficient (Wildman–Crippen LogP) is 0.725. The molecule has 2 saturated heterocycles. The Hall–Kier alpha value is -2.66. The van der Waals surface area contributed by atoms with E-state index in [0.717, 1.165) is 0 Å². The summed E-state index contributed by atoms with van der Waals surface area (Å²) in [5.41, 5.74) is 0.870. The second-order valence-corrected chi connectivity index (χ2v) is 8.72. The molecule has 0 spiro atoms. The molecule has 0 aromatic heterocycles. The Balaban J connectivity index is 1.92. The number of ether oxygens (including phenoxy) is 4. The summed E-state index contributed by atoms with van der Waals surface area (Å²) in [5, 5.41) is 34.4. The van der Waals surface area contributed by atoms with Crippen LogP contribution in [0.2, 0.25) is 0 Å². The molecule has 33 heavy (non-hydrogen) atoms. The number of morpholine rings is 1. The molecule has 0 aliphatic carbocycles. The van der Waals surface area contributed by atoms with Gasteiger partial charge in [0.25, 0.3) is 0 Å². The molecule has 2 fully saturated rings. The Morgan fingerprint density at radius 1 is 1.33 bits per heavy atom. The summed E-state index contributed by atoms with van der Waals surface area (Å²) in [6, 6.07) is 4.63. The van der Waals surface area contributed by atoms with Crippen molar-refractivity contribution in [2.45, 2.75) is 57.4 Å². The van der Waals surface area contributed by atoms with Crippen molar-refractivity contribution in [3.63, 3.8) is 0 Å². The first-order chi connectivity index (χ1) is 15.5. The number of hydrogen-bond donors (Lipinski definition) is 4. The second-order valence-electron chi connectivity index (χ2n) is 8.72.